The lowest BCUT2D eigenvalue weighted by atomic mass is 9.84. The molecule has 1 aliphatic carbocycles. The van der Waals surface area contributed by atoms with Crippen LogP contribution in [0.25, 0.3) is 10.9 Å². The fourth-order valence-corrected chi connectivity index (χ4v) is 3.44. The average molecular weight is 260 g/mol. The highest BCUT2D eigenvalue weighted by atomic mass is 32.2. The van der Waals surface area contributed by atoms with E-state index < -0.39 is 10.7 Å². The maximum atomic E-state index is 11.4. The van der Waals surface area contributed by atoms with Crippen LogP contribution in [0.4, 0.5) is 0 Å². The molecule has 1 aromatic heterocycles. The first-order chi connectivity index (χ1) is 8.71. The third-order valence-corrected chi connectivity index (χ3v) is 4.84. The quantitative estimate of drug-likeness (QED) is 0.860. The van der Waals surface area contributed by atoms with Crippen LogP contribution in [0.15, 0.2) is 35.6 Å². The standard InChI is InChI=1S/C13H12N2O2S/c16-12(17)13(6-3-7-13)18-11-9-4-1-2-5-10(9)14-8-15-11/h1-2,4-5,8H,3,6-7H2,(H,16,17). The highest BCUT2D eigenvalue weighted by molar-refractivity contribution is 8.01. The molecule has 1 heterocycles. The fourth-order valence-electron chi connectivity index (χ4n) is 2.10. The van der Waals surface area contributed by atoms with Crippen molar-refractivity contribution < 1.29 is 9.90 Å². The van der Waals surface area contributed by atoms with Crippen LogP contribution >= 0.6 is 11.8 Å². The summed E-state index contributed by atoms with van der Waals surface area (Å²) in [4.78, 5) is 19.8. The van der Waals surface area contributed by atoms with E-state index in [1.54, 1.807) is 0 Å². The van der Waals surface area contributed by atoms with Gasteiger partial charge in [-0.25, -0.2) is 9.97 Å². The van der Waals surface area contributed by atoms with Gasteiger partial charge in [-0.3, -0.25) is 4.79 Å². The van der Waals surface area contributed by atoms with E-state index in [0.29, 0.717) is 12.8 Å². The van der Waals surface area contributed by atoms with E-state index in [1.807, 2.05) is 24.3 Å². The minimum Gasteiger partial charge on any atom is -0.480 e. The van der Waals surface area contributed by atoms with Crippen molar-refractivity contribution in [2.24, 2.45) is 0 Å². The number of thioether (sulfide) groups is 1. The lowest BCUT2D eigenvalue weighted by Crippen LogP contribution is -2.41. The number of aromatic nitrogens is 2. The van der Waals surface area contributed by atoms with Crippen molar-refractivity contribution in [2.75, 3.05) is 0 Å². The molecular formula is C13H12N2O2S. The van der Waals surface area contributed by atoms with Gasteiger partial charge in [0.15, 0.2) is 0 Å². The van der Waals surface area contributed by atoms with Crippen molar-refractivity contribution in [3.8, 4) is 0 Å². The lowest BCUT2D eigenvalue weighted by molar-refractivity contribution is -0.142. The number of fused-ring (bicyclic) bond motifs is 1. The number of hydrogen-bond donors (Lipinski definition) is 1. The Labute approximate surface area is 108 Å². The van der Waals surface area contributed by atoms with Gasteiger partial charge in [0.2, 0.25) is 0 Å². The molecule has 1 saturated carbocycles. The van der Waals surface area contributed by atoms with Crippen LogP contribution in [0.3, 0.4) is 0 Å². The summed E-state index contributed by atoms with van der Waals surface area (Å²) in [6, 6.07) is 7.69. The Kier molecular flexibility index (Phi) is 2.70. The van der Waals surface area contributed by atoms with Crippen molar-refractivity contribution in [2.45, 2.75) is 29.0 Å². The summed E-state index contributed by atoms with van der Waals surface area (Å²) < 4.78 is -0.683. The van der Waals surface area contributed by atoms with Gasteiger partial charge < -0.3 is 5.11 Å². The average Bonchev–Trinajstić information content (AvgIpc) is 2.33. The van der Waals surface area contributed by atoms with Gasteiger partial charge in [0.05, 0.1) is 5.52 Å². The van der Waals surface area contributed by atoms with E-state index in [2.05, 4.69) is 9.97 Å². The van der Waals surface area contributed by atoms with Crippen molar-refractivity contribution >= 4 is 28.6 Å². The Morgan fingerprint density at radius 1 is 1.28 bits per heavy atom. The van der Waals surface area contributed by atoms with Crippen molar-refractivity contribution in [3.05, 3.63) is 30.6 Å². The van der Waals surface area contributed by atoms with Crippen LogP contribution < -0.4 is 0 Å². The number of carbonyl (C=O) groups is 1. The third-order valence-electron chi connectivity index (χ3n) is 3.35. The Hall–Kier alpha value is -1.62. The molecule has 1 fully saturated rings. The molecule has 0 radical (unpaired) electrons. The molecule has 2 aromatic rings. The topological polar surface area (TPSA) is 63.1 Å². The molecule has 4 nitrogen and oxygen atoms in total. The summed E-state index contributed by atoms with van der Waals surface area (Å²) in [5.41, 5.74) is 0.856. The number of nitrogens with zero attached hydrogens (tertiary/aromatic N) is 2. The third kappa shape index (κ3) is 1.75. The van der Waals surface area contributed by atoms with Crippen LogP contribution in [0, 0.1) is 0 Å². The largest absolute Gasteiger partial charge is 0.480 e. The first-order valence-corrected chi connectivity index (χ1v) is 6.65. The zero-order valence-electron chi connectivity index (χ0n) is 9.67. The summed E-state index contributed by atoms with van der Waals surface area (Å²) in [7, 11) is 0. The number of aliphatic carboxylic acids is 1. The molecule has 0 spiro atoms. The lowest BCUT2D eigenvalue weighted by Gasteiger charge is -2.36. The summed E-state index contributed by atoms with van der Waals surface area (Å²) in [5.74, 6) is -0.735. The maximum absolute atomic E-state index is 11.4. The molecule has 0 unspecified atom stereocenters. The Bertz CT molecular complexity index is 605. The number of carboxylic acid groups (broad SMARTS) is 1. The number of hydrogen-bond acceptors (Lipinski definition) is 4. The number of para-hydroxylation sites is 1. The smallest absolute Gasteiger partial charge is 0.320 e. The second-order valence-corrected chi connectivity index (χ2v) is 5.82. The van der Waals surface area contributed by atoms with E-state index in [0.717, 1.165) is 22.3 Å². The van der Waals surface area contributed by atoms with Crippen molar-refractivity contribution in [1.29, 1.82) is 0 Å². The molecule has 92 valence electrons. The van der Waals surface area contributed by atoms with Gasteiger partial charge in [-0.1, -0.05) is 30.0 Å². The summed E-state index contributed by atoms with van der Waals surface area (Å²) >= 11 is 1.36. The Morgan fingerprint density at radius 2 is 2.06 bits per heavy atom. The van der Waals surface area contributed by atoms with Crippen molar-refractivity contribution in [1.82, 2.24) is 9.97 Å². The molecule has 1 aromatic carbocycles. The fraction of sp³-hybridized carbons (Fsp3) is 0.308. The van der Waals surface area contributed by atoms with E-state index in [9.17, 15) is 9.90 Å². The predicted molar refractivity (Wildman–Crippen MR) is 69.6 cm³/mol. The van der Waals surface area contributed by atoms with E-state index >= 15 is 0 Å². The molecule has 5 heteroatoms. The van der Waals surface area contributed by atoms with E-state index in [4.69, 9.17) is 0 Å². The molecule has 1 aliphatic rings. The Morgan fingerprint density at radius 3 is 2.72 bits per heavy atom. The van der Waals surface area contributed by atoms with Gasteiger partial charge in [-0.05, 0) is 25.3 Å². The molecule has 0 atom stereocenters. The second kappa shape index (κ2) is 4.24. The maximum Gasteiger partial charge on any atom is 0.320 e. The first-order valence-electron chi connectivity index (χ1n) is 5.83. The Balaban J connectivity index is 2.02. The van der Waals surface area contributed by atoms with Gasteiger partial charge in [-0.2, -0.15) is 0 Å². The molecule has 18 heavy (non-hydrogen) atoms. The second-order valence-electron chi connectivity index (χ2n) is 4.45. The van der Waals surface area contributed by atoms with Crippen LogP contribution in [0.1, 0.15) is 19.3 Å². The molecule has 0 bridgehead atoms. The summed E-state index contributed by atoms with van der Waals surface area (Å²) in [6.07, 6.45) is 3.90. The van der Waals surface area contributed by atoms with Gasteiger partial charge >= 0.3 is 5.97 Å². The minimum absolute atomic E-state index is 0.683. The van der Waals surface area contributed by atoms with Crippen molar-refractivity contribution in [3.63, 3.8) is 0 Å². The van der Waals surface area contributed by atoms with Crippen LogP contribution in [0.5, 0.6) is 0 Å². The SMILES string of the molecule is O=C(O)C1(Sc2ncnc3ccccc23)CCC1. The molecule has 0 saturated heterocycles. The van der Waals surface area contributed by atoms with Gasteiger partial charge in [0.25, 0.3) is 0 Å². The van der Waals surface area contributed by atoms with Crippen LogP contribution in [-0.4, -0.2) is 25.8 Å². The summed E-state index contributed by atoms with van der Waals surface area (Å²) in [6.45, 7) is 0. The number of carboxylic acids is 1. The molecule has 3 rings (SSSR count). The van der Waals surface area contributed by atoms with Gasteiger partial charge in [0.1, 0.15) is 16.1 Å². The van der Waals surface area contributed by atoms with Gasteiger partial charge in [-0.15, -0.1) is 0 Å². The van der Waals surface area contributed by atoms with E-state index in [-0.39, 0.29) is 0 Å². The number of benzene rings is 1. The zero-order chi connectivity index (χ0) is 12.6. The predicted octanol–water partition coefficient (Wildman–Crippen LogP) is 2.73. The number of rotatable bonds is 3. The molecular weight excluding hydrogens is 248 g/mol. The highest BCUT2D eigenvalue weighted by Gasteiger charge is 2.46. The molecule has 1 N–H and O–H groups in total. The van der Waals surface area contributed by atoms with E-state index in [1.165, 1.54) is 18.1 Å². The van der Waals surface area contributed by atoms with Crippen LogP contribution in [0.2, 0.25) is 0 Å². The molecule has 0 amide bonds. The monoisotopic (exact) mass is 260 g/mol. The molecule has 0 aliphatic heterocycles. The minimum atomic E-state index is -0.735. The first kappa shape index (κ1) is 11.5. The van der Waals surface area contributed by atoms with Gasteiger partial charge in [0, 0.05) is 5.39 Å². The summed E-state index contributed by atoms with van der Waals surface area (Å²) in [5, 5.41) is 11.0. The normalized spacial score (nSPS) is 17.3. The highest BCUT2D eigenvalue weighted by Crippen LogP contribution is 2.48. The zero-order valence-corrected chi connectivity index (χ0v) is 10.5. The van der Waals surface area contributed by atoms with Crippen LogP contribution in [-0.2, 0) is 4.79 Å².